The summed E-state index contributed by atoms with van der Waals surface area (Å²) in [6.07, 6.45) is 5.70. The zero-order valence-corrected chi connectivity index (χ0v) is 13.0. The normalized spacial score (nSPS) is 19.0. The first-order valence-corrected chi connectivity index (χ1v) is 8.28. The molecule has 0 bridgehead atoms. The van der Waals surface area contributed by atoms with E-state index in [4.69, 9.17) is 0 Å². The van der Waals surface area contributed by atoms with Crippen LogP contribution in [0, 0.1) is 0 Å². The molecule has 2 aromatic rings. The highest BCUT2D eigenvalue weighted by Crippen LogP contribution is 2.37. The largest absolute Gasteiger partial charge is 0.353 e. The van der Waals surface area contributed by atoms with E-state index in [9.17, 15) is 0 Å². The van der Waals surface area contributed by atoms with Gasteiger partial charge in [-0.2, -0.15) is 0 Å². The van der Waals surface area contributed by atoms with Crippen molar-refractivity contribution in [1.29, 1.82) is 0 Å². The zero-order chi connectivity index (χ0) is 13.9. The third-order valence-corrected chi connectivity index (χ3v) is 5.21. The van der Waals surface area contributed by atoms with Crippen molar-refractivity contribution in [3.63, 3.8) is 0 Å². The highest BCUT2D eigenvalue weighted by molar-refractivity contribution is 8.00. The molecule has 1 aromatic carbocycles. The summed E-state index contributed by atoms with van der Waals surface area (Å²) in [5, 5.41) is 4.13. The van der Waals surface area contributed by atoms with E-state index in [-0.39, 0.29) is 0 Å². The van der Waals surface area contributed by atoms with Crippen LogP contribution >= 0.6 is 11.8 Å². The Morgan fingerprint density at radius 2 is 2.20 bits per heavy atom. The zero-order valence-electron chi connectivity index (χ0n) is 12.2. The lowest BCUT2D eigenvalue weighted by Gasteiger charge is -2.11. The van der Waals surface area contributed by atoms with Gasteiger partial charge in [-0.25, -0.2) is 0 Å². The smallest absolute Gasteiger partial charge is 0.0345 e. The number of aromatic nitrogens is 1. The molecule has 1 aliphatic rings. The van der Waals surface area contributed by atoms with E-state index in [0.717, 1.165) is 13.1 Å². The molecule has 20 heavy (non-hydrogen) atoms. The number of hydrogen-bond acceptors (Lipinski definition) is 2. The summed E-state index contributed by atoms with van der Waals surface area (Å²) in [6.45, 7) is 6.49. The van der Waals surface area contributed by atoms with Gasteiger partial charge in [-0.15, -0.1) is 11.8 Å². The number of rotatable bonds is 5. The quantitative estimate of drug-likeness (QED) is 0.898. The standard InChI is InChI=1S/C17H22N2S/c1-3-18-13(2)15-8-9-19(11-15)12-16-10-14-6-4-5-7-17(14)20-16/h4-9,11,13,16,18H,3,10,12H2,1-2H3. The third kappa shape index (κ3) is 2.94. The maximum absolute atomic E-state index is 3.46. The van der Waals surface area contributed by atoms with Crippen molar-refractivity contribution >= 4 is 11.8 Å². The summed E-state index contributed by atoms with van der Waals surface area (Å²) < 4.78 is 2.34. The Labute approximate surface area is 125 Å². The van der Waals surface area contributed by atoms with Gasteiger partial charge in [0.05, 0.1) is 0 Å². The van der Waals surface area contributed by atoms with Gasteiger partial charge in [0.25, 0.3) is 0 Å². The first-order valence-electron chi connectivity index (χ1n) is 7.40. The Morgan fingerprint density at radius 1 is 1.35 bits per heavy atom. The number of hydrogen-bond donors (Lipinski definition) is 1. The minimum atomic E-state index is 0.440. The summed E-state index contributed by atoms with van der Waals surface area (Å²) in [7, 11) is 0. The Morgan fingerprint density at radius 3 is 3.00 bits per heavy atom. The van der Waals surface area contributed by atoms with E-state index >= 15 is 0 Å². The van der Waals surface area contributed by atoms with Crippen LogP contribution in [0.5, 0.6) is 0 Å². The SMILES string of the molecule is CCNC(C)c1ccn(CC2Cc3ccccc3S2)c1. The molecule has 0 saturated carbocycles. The molecule has 0 amide bonds. The molecule has 2 nitrogen and oxygen atoms in total. The lowest BCUT2D eigenvalue weighted by Crippen LogP contribution is -2.17. The molecular weight excluding hydrogens is 264 g/mol. The molecule has 0 fully saturated rings. The molecule has 2 atom stereocenters. The summed E-state index contributed by atoms with van der Waals surface area (Å²) in [5.74, 6) is 0. The molecule has 0 spiro atoms. The monoisotopic (exact) mass is 286 g/mol. The molecule has 0 aliphatic carbocycles. The first-order chi connectivity index (χ1) is 9.76. The van der Waals surface area contributed by atoms with Gasteiger partial charge in [-0.3, -0.25) is 0 Å². The van der Waals surface area contributed by atoms with E-state index < -0.39 is 0 Å². The fourth-order valence-electron chi connectivity index (χ4n) is 2.84. The van der Waals surface area contributed by atoms with Crippen molar-refractivity contribution in [2.24, 2.45) is 0 Å². The third-order valence-electron chi connectivity index (χ3n) is 3.91. The fraction of sp³-hybridized carbons (Fsp3) is 0.412. The van der Waals surface area contributed by atoms with E-state index in [1.165, 1.54) is 22.4 Å². The van der Waals surface area contributed by atoms with Crippen LogP contribution in [0.25, 0.3) is 0 Å². The molecule has 1 aliphatic heterocycles. The van der Waals surface area contributed by atoms with Crippen LogP contribution in [0.1, 0.15) is 31.0 Å². The molecule has 0 saturated heterocycles. The van der Waals surface area contributed by atoms with Crippen molar-refractivity contribution in [3.05, 3.63) is 53.9 Å². The molecule has 3 heteroatoms. The molecule has 106 valence electrons. The summed E-state index contributed by atoms with van der Waals surface area (Å²) >= 11 is 2.02. The summed E-state index contributed by atoms with van der Waals surface area (Å²) in [6, 6.07) is 11.5. The second kappa shape index (κ2) is 6.06. The molecule has 2 unspecified atom stereocenters. The average molecular weight is 286 g/mol. The number of nitrogens with one attached hydrogen (secondary N) is 1. The number of fused-ring (bicyclic) bond motifs is 1. The minimum absolute atomic E-state index is 0.440. The topological polar surface area (TPSA) is 17.0 Å². The summed E-state index contributed by atoms with van der Waals surface area (Å²) in [4.78, 5) is 1.46. The van der Waals surface area contributed by atoms with Crippen molar-refractivity contribution in [1.82, 2.24) is 9.88 Å². The summed E-state index contributed by atoms with van der Waals surface area (Å²) in [5.41, 5.74) is 2.89. The van der Waals surface area contributed by atoms with Crippen molar-refractivity contribution in [2.75, 3.05) is 6.54 Å². The molecule has 0 radical (unpaired) electrons. The minimum Gasteiger partial charge on any atom is -0.353 e. The van der Waals surface area contributed by atoms with Gasteiger partial charge in [0.1, 0.15) is 0 Å². The van der Waals surface area contributed by atoms with Crippen molar-refractivity contribution < 1.29 is 0 Å². The van der Waals surface area contributed by atoms with Gasteiger partial charge < -0.3 is 9.88 Å². The van der Waals surface area contributed by atoms with Gasteiger partial charge in [0.2, 0.25) is 0 Å². The predicted octanol–water partition coefficient (Wildman–Crippen LogP) is 3.88. The molecular formula is C17H22N2S. The van der Waals surface area contributed by atoms with Crippen LogP contribution in [0.2, 0.25) is 0 Å². The van der Waals surface area contributed by atoms with Gasteiger partial charge in [0.15, 0.2) is 0 Å². The second-order valence-electron chi connectivity index (χ2n) is 5.47. The molecule has 3 rings (SSSR count). The van der Waals surface area contributed by atoms with Crippen LogP contribution in [0.15, 0.2) is 47.6 Å². The predicted molar refractivity (Wildman–Crippen MR) is 86.3 cm³/mol. The Hall–Kier alpha value is -1.19. The van der Waals surface area contributed by atoms with Crippen LogP contribution < -0.4 is 5.32 Å². The van der Waals surface area contributed by atoms with Gasteiger partial charge in [0, 0.05) is 35.1 Å². The van der Waals surface area contributed by atoms with Crippen LogP contribution in [0.3, 0.4) is 0 Å². The highest BCUT2D eigenvalue weighted by atomic mass is 32.2. The first kappa shape index (κ1) is 13.8. The Balaban J connectivity index is 1.63. The van der Waals surface area contributed by atoms with E-state index in [2.05, 4.69) is 66.5 Å². The fourth-order valence-corrected chi connectivity index (χ4v) is 4.17. The number of thioether (sulfide) groups is 1. The van der Waals surface area contributed by atoms with Gasteiger partial charge >= 0.3 is 0 Å². The lowest BCUT2D eigenvalue weighted by molar-refractivity contribution is 0.593. The maximum Gasteiger partial charge on any atom is 0.0345 e. The van der Waals surface area contributed by atoms with Crippen LogP contribution in [-0.4, -0.2) is 16.4 Å². The Kier molecular flexibility index (Phi) is 4.18. The van der Waals surface area contributed by atoms with E-state index in [0.29, 0.717) is 11.3 Å². The van der Waals surface area contributed by atoms with E-state index in [1.807, 2.05) is 11.8 Å². The molecule has 1 aromatic heterocycles. The average Bonchev–Trinajstić information content (AvgIpc) is 3.05. The maximum atomic E-state index is 3.46. The van der Waals surface area contributed by atoms with E-state index in [1.54, 1.807) is 0 Å². The molecule has 2 heterocycles. The number of benzene rings is 1. The molecule has 1 N–H and O–H groups in total. The second-order valence-corrected chi connectivity index (χ2v) is 6.81. The van der Waals surface area contributed by atoms with Crippen molar-refractivity contribution in [2.45, 2.75) is 43.0 Å². The van der Waals surface area contributed by atoms with Crippen LogP contribution in [-0.2, 0) is 13.0 Å². The highest BCUT2D eigenvalue weighted by Gasteiger charge is 2.22. The van der Waals surface area contributed by atoms with Gasteiger partial charge in [-0.1, -0.05) is 25.1 Å². The van der Waals surface area contributed by atoms with Crippen LogP contribution in [0.4, 0.5) is 0 Å². The van der Waals surface area contributed by atoms with Crippen molar-refractivity contribution in [3.8, 4) is 0 Å². The Bertz CT molecular complexity index is 551. The van der Waals surface area contributed by atoms with Gasteiger partial charge in [-0.05, 0) is 43.1 Å². The lowest BCUT2D eigenvalue weighted by atomic mass is 10.1. The number of nitrogens with zero attached hydrogens (tertiary/aromatic N) is 1.